The average molecular weight is 492 g/mol. The van der Waals surface area contributed by atoms with Crippen molar-refractivity contribution < 1.29 is 14.0 Å². The van der Waals surface area contributed by atoms with Crippen LogP contribution in [0.2, 0.25) is 0 Å². The van der Waals surface area contributed by atoms with Crippen molar-refractivity contribution >= 4 is 28.4 Å². The molecule has 0 aliphatic heterocycles. The molecule has 36 heavy (non-hydrogen) atoms. The number of carbonyl (C=O) groups excluding carboxylic acids is 2. The summed E-state index contributed by atoms with van der Waals surface area (Å²) in [5, 5.41) is 14.8. The summed E-state index contributed by atoms with van der Waals surface area (Å²) in [7, 11) is 0. The molecule has 0 bridgehead atoms. The van der Waals surface area contributed by atoms with E-state index < -0.39 is 29.2 Å². The molecule has 0 radical (unpaired) electrons. The molecule has 1 heterocycles. The number of benzene rings is 2. The zero-order chi connectivity index (χ0) is 26.0. The van der Waals surface area contributed by atoms with Gasteiger partial charge in [0.2, 0.25) is 5.91 Å². The molecular formula is C26H26FN5O4. The highest BCUT2D eigenvalue weighted by Crippen LogP contribution is 2.28. The van der Waals surface area contributed by atoms with Gasteiger partial charge < -0.3 is 10.6 Å². The molecule has 1 aliphatic rings. The molecule has 2 aromatic carbocycles. The summed E-state index contributed by atoms with van der Waals surface area (Å²) >= 11 is 0. The van der Waals surface area contributed by atoms with E-state index in [9.17, 15) is 23.6 Å². The van der Waals surface area contributed by atoms with Crippen molar-refractivity contribution in [2.75, 3.05) is 5.32 Å². The summed E-state index contributed by atoms with van der Waals surface area (Å²) in [6.45, 7) is 4.17. The molecule has 2 amide bonds. The van der Waals surface area contributed by atoms with Crippen LogP contribution in [0.1, 0.15) is 49.0 Å². The summed E-state index contributed by atoms with van der Waals surface area (Å²) < 4.78 is 16.6. The van der Waals surface area contributed by atoms with Crippen molar-refractivity contribution in [3.63, 3.8) is 0 Å². The number of aromatic nitrogens is 2. The Kier molecular flexibility index (Phi) is 7.01. The number of fused-ring (bicyclic) bond motifs is 1. The van der Waals surface area contributed by atoms with Crippen LogP contribution in [0.4, 0.5) is 10.1 Å². The lowest BCUT2D eigenvalue weighted by atomic mass is 10.0. The summed E-state index contributed by atoms with van der Waals surface area (Å²) in [5.41, 5.74) is 0.0402. The van der Waals surface area contributed by atoms with Gasteiger partial charge in [0.15, 0.2) is 0 Å². The van der Waals surface area contributed by atoms with E-state index in [0.29, 0.717) is 36.0 Å². The highest BCUT2D eigenvalue weighted by molar-refractivity contribution is 5.97. The van der Waals surface area contributed by atoms with E-state index in [0.717, 1.165) is 17.1 Å². The van der Waals surface area contributed by atoms with Gasteiger partial charge in [0.05, 0.1) is 22.4 Å². The molecule has 9 nitrogen and oxygen atoms in total. The molecule has 0 saturated heterocycles. The molecule has 2 N–H and O–H groups in total. The second-order valence-electron chi connectivity index (χ2n) is 8.72. The number of carbonyl (C=O) groups is 2. The third-order valence-electron chi connectivity index (χ3n) is 6.65. The molecule has 1 aromatic heterocycles. The number of halogens is 1. The van der Waals surface area contributed by atoms with Gasteiger partial charge in [-0.25, -0.2) is 9.18 Å². The van der Waals surface area contributed by atoms with Crippen LogP contribution in [-0.2, 0) is 17.9 Å². The number of rotatable bonds is 6. The van der Waals surface area contributed by atoms with Crippen molar-refractivity contribution in [2.45, 2.75) is 52.2 Å². The maximum atomic E-state index is 13.9. The van der Waals surface area contributed by atoms with Crippen LogP contribution < -0.4 is 21.9 Å². The molecule has 3 aromatic rings. The molecule has 2 atom stereocenters. The van der Waals surface area contributed by atoms with Gasteiger partial charge >= 0.3 is 5.69 Å². The minimum Gasteiger partial charge on any atom is -0.349 e. The summed E-state index contributed by atoms with van der Waals surface area (Å²) in [6.07, 6.45) is 1.88. The van der Waals surface area contributed by atoms with Gasteiger partial charge in [-0.05, 0) is 63.1 Å². The van der Waals surface area contributed by atoms with Crippen LogP contribution in [-0.4, -0.2) is 27.0 Å². The number of hydrogen-bond acceptors (Lipinski definition) is 5. The Hall–Kier alpha value is -4.26. The van der Waals surface area contributed by atoms with Crippen LogP contribution in [0, 0.1) is 23.1 Å². The largest absolute Gasteiger partial charge is 0.349 e. The predicted molar refractivity (Wildman–Crippen MR) is 132 cm³/mol. The lowest BCUT2D eigenvalue weighted by molar-refractivity contribution is -0.120. The fraction of sp³-hybridized carbons (Fsp3) is 0.346. The molecule has 1 saturated carbocycles. The Morgan fingerprint density at radius 1 is 1.08 bits per heavy atom. The van der Waals surface area contributed by atoms with Crippen molar-refractivity contribution in [3.05, 3.63) is 74.2 Å². The highest BCUT2D eigenvalue weighted by atomic mass is 19.1. The topological polar surface area (TPSA) is 126 Å². The van der Waals surface area contributed by atoms with Crippen LogP contribution in [0.5, 0.6) is 0 Å². The molecule has 1 aliphatic carbocycles. The fourth-order valence-corrected chi connectivity index (χ4v) is 4.77. The van der Waals surface area contributed by atoms with E-state index in [1.807, 2.05) is 6.92 Å². The normalized spacial score (nSPS) is 17.1. The molecule has 0 spiro atoms. The number of aryl methyl sites for hydroxylation is 1. The first-order valence-corrected chi connectivity index (χ1v) is 11.9. The number of nitrogens with one attached hydrogen (secondary N) is 2. The standard InChI is InChI=1S/C26H26FN5O4/c1-3-31-22-11-10-17(13-19(22)25(35)32(4-2)26(31)36)29-24(34)18-6-5-7-21(18)30-23(33)15-8-9-16(14-28)20(27)12-15/h8-13,18,21H,3-7H2,1-2H3,(H,29,34)(H,30,33). The second kappa shape index (κ2) is 10.2. The van der Waals surface area contributed by atoms with Gasteiger partial charge in [-0.2, -0.15) is 5.26 Å². The van der Waals surface area contributed by atoms with Gasteiger partial charge in [-0.3, -0.25) is 23.5 Å². The Balaban J connectivity index is 1.54. The number of amides is 2. The van der Waals surface area contributed by atoms with E-state index in [1.165, 1.54) is 16.7 Å². The van der Waals surface area contributed by atoms with Crippen LogP contribution in [0.25, 0.3) is 10.9 Å². The van der Waals surface area contributed by atoms with E-state index >= 15 is 0 Å². The molecule has 10 heteroatoms. The monoisotopic (exact) mass is 491 g/mol. The maximum absolute atomic E-state index is 13.9. The Bertz CT molecular complexity index is 1520. The number of nitrogens with zero attached hydrogens (tertiary/aromatic N) is 3. The molecule has 2 unspecified atom stereocenters. The average Bonchev–Trinajstić information content (AvgIpc) is 3.33. The van der Waals surface area contributed by atoms with E-state index in [4.69, 9.17) is 5.26 Å². The first-order valence-electron chi connectivity index (χ1n) is 11.9. The van der Waals surface area contributed by atoms with Crippen LogP contribution in [0.15, 0.2) is 46.0 Å². The first kappa shape index (κ1) is 24.9. The smallest absolute Gasteiger partial charge is 0.331 e. The Labute approximate surface area is 206 Å². The van der Waals surface area contributed by atoms with Gasteiger partial charge in [-0.1, -0.05) is 6.42 Å². The van der Waals surface area contributed by atoms with Crippen LogP contribution in [0.3, 0.4) is 0 Å². The zero-order valence-electron chi connectivity index (χ0n) is 20.0. The van der Waals surface area contributed by atoms with E-state index in [1.54, 1.807) is 31.2 Å². The minimum atomic E-state index is -0.780. The number of hydrogen-bond donors (Lipinski definition) is 2. The summed E-state index contributed by atoms with van der Waals surface area (Å²) in [6, 6.07) is 9.74. The quantitative estimate of drug-likeness (QED) is 0.548. The molecule has 4 rings (SSSR count). The SMILES string of the molecule is CCn1c(=O)c2cc(NC(=O)C3CCCC3NC(=O)c3ccc(C#N)c(F)c3)ccc2n(CC)c1=O. The third-order valence-corrected chi connectivity index (χ3v) is 6.65. The van der Waals surface area contributed by atoms with Crippen molar-refractivity contribution in [2.24, 2.45) is 5.92 Å². The Morgan fingerprint density at radius 3 is 2.50 bits per heavy atom. The number of nitriles is 1. The van der Waals surface area contributed by atoms with Crippen molar-refractivity contribution in [1.29, 1.82) is 5.26 Å². The highest BCUT2D eigenvalue weighted by Gasteiger charge is 2.34. The van der Waals surface area contributed by atoms with Gasteiger partial charge in [0.25, 0.3) is 11.5 Å². The van der Waals surface area contributed by atoms with E-state index in [2.05, 4.69) is 10.6 Å². The van der Waals surface area contributed by atoms with Crippen LogP contribution >= 0.6 is 0 Å². The lowest BCUT2D eigenvalue weighted by Crippen LogP contribution is -2.42. The lowest BCUT2D eigenvalue weighted by Gasteiger charge is -2.21. The molecular weight excluding hydrogens is 465 g/mol. The van der Waals surface area contributed by atoms with E-state index in [-0.39, 0.29) is 29.3 Å². The fourth-order valence-electron chi connectivity index (χ4n) is 4.77. The predicted octanol–water partition coefficient (Wildman–Crippen LogP) is 2.75. The third kappa shape index (κ3) is 4.52. The van der Waals surface area contributed by atoms with Gasteiger partial charge in [-0.15, -0.1) is 0 Å². The van der Waals surface area contributed by atoms with Gasteiger partial charge in [0, 0.05) is 30.4 Å². The number of anilines is 1. The summed E-state index contributed by atoms with van der Waals surface area (Å²) in [4.78, 5) is 51.2. The Morgan fingerprint density at radius 2 is 1.83 bits per heavy atom. The van der Waals surface area contributed by atoms with Crippen molar-refractivity contribution in [3.8, 4) is 6.07 Å². The maximum Gasteiger partial charge on any atom is 0.331 e. The second-order valence-corrected chi connectivity index (χ2v) is 8.72. The first-order chi connectivity index (χ1) is 17.3. The summed E-state index contributed by atoms with van der Waals surface area (Å²) in [5.74, 6) is -2.11. The minimum absolute atomic E-state index is 0.0706. The molecule has 186 valence electrons. The van der Waals surface area contributed by atoms with Gasteiger partial charge in [0.1, 0.15) is 11.9 Å². The molecule has 1 fully saturated rings. The van der Waals surface area contributed by atoms with Crippen molar-refractivity contribution in [1.82, 2.24) is 14.5 Å². The zero-order valence-corrected chi connectivity index (χ0v) is 20.0.